The van der Waals surface area contributed by atoms with Crippen molar-refractivity contribution < 1.29 is 4.79 Å². The number of thiophene rings is 1. The maximum atomic E-state index is 12.6. The van der Waals surface area contributed by atoms with E-state index in [0.29, 0.717) is 5.92 Å². The minimum Gasteiger partial charge on any atom is -0.378 e. The molecule has 1 atom stereocenters. The topological polar surface area (TPSA) is 75.4 Å². The number of nitrogens with one attached hydrogen (secondary N) is 1. The van der Waals surface area contributed by atoms with Crippen LogP contribution in [0.25, 0.3) is 15.9 Å². The molecule has 9 heteroatoms. The first-order valence-corrected chi connectivity index (χ1v) is 13.1. The van der Waals surface area contributed by atoms with Crippen LogP contribution in [0.1, 0.15) is 36.5 Å². The highest BCUT2D eigenvalue weighted by Crippen LogP contribution is 2.39. The molecule has 1 aromatic carbocycles. The fourth-order valence-corrected chi connectivity index (χ4v) is 6.53. The molecule has 1 amide bonds. The molecule has 7 nitrogen and oxygen atoms in total. The number of rotatable bonds is 6. The van der Waals surface area contributed by atoms with Crippen LogP contribution in [0.15, 0.2) is 29.4 Å². The van der Waals surface area contributed by atoms with Crippen molar-refractivity contribution in [1.29, 1.82) is 0 Å². The van der Waals surface area contributed by atoms with Gasteiger partial charge in [-0.15, -0.1) is 21.5 Å². The van der Waals surface area contributed by atoms with Gasteiger partial charge in [-0.2, -0.15) is 0 Å². The number of carbonyl (C=O) groups is 1. The van der Waals surface area contributed by atoms with Gasteiger partial charge in [0.1, 0.15) is 10.7 Å². The summed E-state index contributed by atoms with van der Waals surface area (Å²) in [6, 6.07) is 7.81. The summed E-state index contributed by atoms with van der Waals surface area (Å²) in [4.78, 5) is 22.1. The third-order valence-corrected chi connectivity index (χ3v) is 8.23. The van der Waals surface area contributed by atoms with Gasteiger partial charge in [-0.3, -0.25) is 9.20 Å². The summed E-state index contributed by atoms with van der Waals surface area (Å²) >= 11 is 3.22. The molecule has 3 aromatic heterocycles. The van der Waals surface area contributed by atoms with Crippen molar-refractivity contribution in [3.8, 4) is 0 Å². The summed E-state index contributed by atoms with van der Waals surface area (Å²) in [6.07, 6.45) is 4.17. The van der Waals surface area contributed by atoms with Gasteiger partial charge in [0.05, 0.1) is 11.1 Å². The van der Waals surface area contributed by atoms with E-state index in [1.807, 2.05) is 54.6 Å². The quantitative estimate of drug-likeness (QED) is 0.399. The lowest BCUT2D eigenvalue weighted by Crippen LogP contribution is -2.15. The predicted molar refractivity (Wildman–Crippen MR) is 137 cm³/mol. The molecule has 5 rings (SSSR count). The summed E-state index contributed by atoms with van der Waals surface area (Å²) in [5.74, 6) is 1.85. The fraction of sp³-hybridized carbons (Fsp3) is 0.417. The average molecular weight is 481 g/mol. The van der Waals surface area contributed by atoms with Crippen molar-refractivity contribution in [1.82, 2.24) is 19.6 Å². The number of nitrogens with zero attached hydrogens (tertiary/aromatic N) is 5. The molecular weight excluding hydrogens is 452 g/mol. The Hall–Kier alpha value is -2.65. The first-order chi connectivity index (χ1) is 15.9. The second-order valence-electron chi connectivity index (χ2n) is 8.83. The second-order valence-corrected chi connectivity index (χ2v) is 10.9. The van der Waals surface area contributed by atoms with Crippen LogP contribution in [0.3, 0.4) is 0 Å². The summed E-state index contributed by atoms with van der Waals surface area (Å²) in [5, 5.41) is 13.9. The van der Waals surface area contributed by atoms with E-state index in [-0.39, 0.29) is 11.7 Å². The highest BCUT2D eigenvalue weighted by molar-refractivity contribution is 7.99. The van der Waals surface area contributed by atoms with Crippen molar-refractivity contribution in [2.24, 2.45) is 5.92 Å². The fourth-order valence-electron chi connectivity index (χ4n) is 4.38. The van der Waals surface area contributed by atoms with E-state index >= 15 is 0 Å². The summed E-state index contributed by atoms with van der Waals surface area (Å²) in [6.45, 7) is 4.42. The van der Waals surface area contributed by atoms with Gasteiger partial charge in [-0.1, -0.05) is 25.6 Å². The third-order valence-electron chi connectivity index (χ3n) is 6.15. The van der Waals surface area contributed by atoms with Gasteiger partial charge in [-0.05, 0) is 55.0 Å². The molecule has 0 fully saturated rings. The molecule has 1 aliphatic carbocycles. The highest BCUT2D eigenvalue weighted by Gasteiger charge is 2.25. The zero-order chi connectivity index (χ0) is 23.1. The summed E-state index contributed by atoms with van der Waals surface area (Å²) in [7, 11) is 3.99. The van der Waals surface area contributed by atoms with Crippen molar-refractivity contribution in [2.75, 3.05) is 30.1 Å². The van der Waals surface area contributed by atoms with Gasteiger partial charge in [0.15, 0.2) is 10.8 Å². The molecule has 0 aliphatic heterocycles. The number of thioether (sulfide) groups is 1. The maximum Gasteiger partial charge on any atom is 0.234 e. The van der Waals surface area contributed by atoms with Gasteiger partial charge in [0.25, 0.3) is 0 Å². The Labute approximate surface area is 201 Å². The number of fused-ring (bicyclic) bond motifs is 5. The zero-order valence-electron chi connectivity index (χ0n) is 19.4. The molecule has 3 heterocycles. The van der Waals surface area contributed by atoms with Crippen LogP contribution in [-0.2, 0) is 24.1 Å². The molecule has 0 radical (unpaired) electrons. The number of amides is 1. The second kappa shape index (κ2) is 8.95. The standard InChI is InChI=1S/C24H28N6OS2/c1-5-19-26-23-21(17-11-6-14(2)12-18(17)33-23)22-27-28-24(30(19)22)32-13-20(31)25-15-7-9-16(10-8-15)29(3)4/h7-10,14H,5-6,11-13H2,1-4H3,(H,25,31)/t14-/m0/s1. The van der Waals surface area contributed by atoms with Crippen LogP contribution in [0, 0.1) is 5.92 Å². The Bertz CT molecular complexity index is 1320. The molecule has 0 saturated heterocycles. The van der Waals surface area contributed by atoms with E-state index in [4.69, 9.17) is 4.98 Å². The molecule has 0 spiro atoms. The summed E-state index contributed by atoms with van der Waals surface area (Å²) in [5.41, 5.74) is 4.16. The lowest BCUT2D eigenvalue weighted by atomic mass is 9.89. The Kier molecular flexibility index (Phi) is 6.01. The number of aromatic nitrogens is 4. The SMILES string of the molecule is CCc1nc2sc3c(c2c2nnc(SCC(=O)Nc4ccc(N(C)C)cc4)n12)CC[C@H](C)C3. The van der Waals surface area contributed by atoms with Crippen molar-refractivity contribution >= 4 is 56.2 Å². The van der Waals surface area contributed by atoms with Gasteiger partial charge in [0.2, 0.25) is 5.91 Å². The molecule has 0 saturated carbocycles. The molecule has 0 unspecified atom stereocenters. The molecule has 1 N–H and O–H groups in total. The highest BCUT2D eigenvalue weighted by atomic mass is 32.2. The van der Waals surface area contributed by atoms with Gasteiger partial charge in [-0.25, -0.2) is 4.98 Å². The lowest BCUT2D eigenvalue weighted by molar-refractivity contribution is -0.113. The monoisotopic (exact) mass is 480 g/mol. The number of anilines is 2. The maximum absolute atomic E-state index is 12.6. The molecule has 172 valence electrons. The van der Waals surface area contributed by atoms with E-state index in [1.54, 1.807) is 0 Å². The Morgan fingerprint density at radius 2 is 2.06 bits per heavy atom. The average Bonchev–Trinajstić information content (AvgIpc) is 3.38. The molecular formula is C24H28N6OS2. The normalized spacial score (nSPS) is 15.7. The van der Waals surface area contributed by atoms with E-state index in [1.165, 1.54) is 28.6 Å². The number of hydrogen-bond acceptors (Lipinski definition) is 7. The van der Waals surface area contributed by atoms with Crippen LogP contribution in [0.4, 0.5) is 11.4 Å². The van der Waals surface area contributed by atoms with Gasteiger partial charge < -0.3 is 10.2 Å². The van der Waals surface area contributed by atoms with Crippen molar-refractivity contribution in [2.45, 2.75) is 44.7 Å². The number of benzene rings is 1. The van der Waals surface area contributed by atoms with Gasteiger partial charge in [0, 0.05) is 36.8 Å². The summed E-state index contributed by atoms with van der Waals surface area (Å²) < 4.78 is 2.05. The lowest BCUT2D eigenvalue weighted by Gasteiger charge is -2.17. The smallest absolute Gasteiger partial charge is 0.234 e. The Morgan fingerprint density at radius 3 is 2.79 bits per heavy atom. The molecule has 0 bridgehead atoms. The van der Waals surface area contributed by atoms with E-state index in [9.17, 15) is 4.79 Å². The van der Waals surface area contributed by atoms with Crippen LogP contribution >= 0.6 is 23.1 Å². The van der Waals surface area contributed by atoms with Crippen LogP contribution in [-0.4, -0.2) is 45.3 Å². The van der Waals surface area contributed by atoms with E-state index in [2.05, 4.69) is 33.8 Å². The Morgan fingerprint density at radius 1 is 1.27 bits per heavy atom. The number of aryl methyl sites for hydroxylation is 2. The Balaban J connectivity index is 1.39. The largest absolute Gasteiger partial charge is 0.378 e. The van der Waals surface area contributed by atoms with Crippen LogP contribution in [0.2, 0.25) is 0 Å². The van der Waals surface area contributed by atoms with Crippen molar-refractivity contribution in [3.05, 3.63) is 40.5 Å². The minimum atomic E-state index is -0.0664. The first kappa shape index (κ1) is 22.2. The molecule has 33 heavy (non-hydrogen) atoms. The third kappa shape index (κ3) is 4.19. The minimum absolute atomic E-state index is 0.0664. The van der Waals surface area contributed by atoms with Crippen LogP contribution in [0.5, 0.6) is 0 Å². The molecule has 4 aromatic rings. The van der Waals surface area contributed by atoms with E-state index in [0.717, 1.165) is 57.5 Å². The molecule has 1 aliphatic rings. The number of carbonyl (C=O) groups excluding carboxylic acids is 1. The zero-order valence-corrected chi connectivity index (χ0v) is 21.0. The van der Waals surface area contributed by atoms with Crippen LogP contribution < -0.4 is 10.2 Å². The van der Waals surface area contributed by atoms with E-state index < -0.39 is 0 Å². The van der Waals surface area contributed by atoms with Gasteiger partial charge >= 0.3 is 0 Å². The number of hydrogen-bond donors (Lipinski definition) is 1. The first-order valence-electron chi connectivity index (χ1n) is 11.3. The van der Waals surface area contributed by atoms with Crippen molar-refractivity contribution in [3.63, 3.8) is 0 Å². The predicted octanol–water partition coefficient (Wildman–Crippen LogP) is 4.82.